The molecule has 28 heteroatoms. The van der Waals surface area contributed by atoms with Crippen LogP contribution in [0, 0.1) is 11.6 Å². The second-order valence-corrected chi connectivity index (χ2v) is 20.6. The third-order valence-electron chi connectivity index (χ3n) is 11.9. The van der Waals surface area contributed by atoms with Crippen LogP contribution in [0.1, 0.15) is 48.8 Å². The van der Waals surface area contributed by atoms with Crippen LogP contribution >= 0.6 is 38.6 Å². The van der Waals surface area contributed by atoms with Gasteiger partial charge >= 0.3 is 19.3 Å². The molecule has 3 fully saturated rings. The summed E-state index contributed by atoms with van der Waals surface area (Å²) in [5, 5.41) is 42.8. The second kappa shape index (κ2) is 18.6. The molecule has 2 atom stereocenters. The van der Waals surface area contributed by atoms with Crippen LogP contribution < -0.4 is 25.1 Å². The van der Waals surface area contributed by atoms with E-state index in [0.29, 0.717) is 46.9 Å². The highest BCUT2D eigenvalue weighted by atomic mass is 79.9. The molecule has 358 valence electrons. The van der Waals surface area contributed by atoms with Gasteiger partial charge in [0.05, 0.1) is 105 Å². The number of halogens is 3. The normalized spacial score (nSPS) is 20.0. The van der Waals surface area contributed by atoms with Crippen LogP contribution in [-0.2, 0) is 59.1 Å². The molecule has 22 nitrogen and oxygen atoms in total. The zero-order chi connectivity index (χ0) is 48.2. The van der Waals surface area contributed by atoms with Crippen LogP contribution in [0.2, 0.25) is 0 Å². The Kier molecular flexibility index (Phi) is 12.9. The number of ether oxygens (including phenoxy) is 2. The maximum absolute atomic E-state index is 14.8. The van der Waals surface area contributed by atoms with Crippen LogP contribution in [0.4, 0.5) is 41.6 Å². The summed E-state index contributed by atoms with van der Waals surface area (Å²) in [5.41, 5.74) is 2.28. The van der Waals surface area contributed by atoms with Gasteiger partial charge in [-0.2, -0.15) is 9.59 Å². The van der Waals surface area contributed by atoms with E-state index in [1.165, 1.54) is 47.7 Å². The first kappa shape index (κ1) is 47.3. The van der Waals surface area contributed by atoms with Crippen molar-refractivity contribution in [3.63, 3.8) is 0 Å². The fourth-order valence-corrected chi connectivity index (χ4v) is 10.3. The van der Waals surface area contributed by atoms with E-state index in [0.717, 1.165) is 33.3 Å². The number of cyclic esters (lactones) is 2. The number of amides is 2. The van der Waals surface area contributed by atoms with Crippen molar-refractivity contribution in [3.8, 4) is 10.6 Å². The number of aromatic nitrogens is 10. The number of carbonyl (C=O) groups is 2. The summed E-state index contributed by atoms with van der Waals surface area (Å²) in [7, 11) is 2.66. The molecule has 3 saturated heterocycles. The van der Waals surface area contributed by atoms with E-state index < -0.39 is 54.3 Å². The van der Waals surface area contributed by atoms with E-state index in [2.05, 4.69) is 61.6 Å². The van der Waals surface area contributed by atoms with Crippen LogP contribution in [0.25, 0.3) is 10.6 Å². The minimum atomic E-state index is -0.806. The molecule has 1 unspecified atom stereocenters. The van der Waals surface area contributed by atoms with Gasteiger partial charge in [-0.1, -0.05) is 16.3 Å². The van der Waals surface area contributed by atoms with Gasteiger partial charge in [0, 0.05) is 15.9 Å². The first-order valence-electron chi connectivity index (χ1n) is 21.1. The molecule has 2 amide bonds. The van der Waals surface area contributed by atoms with E-state index in [1.54, 1.807) is 49.7 Å². The molecule has 0 bridgehead atoms. The van der Waals surface area contributed by atoms with Gasteiger partial charge in [-0.05, 0) is 84.4 Å². The Morgan fingerprint density at radius 3 is 1.68 bits per heavy atom. The molecule has 0 aliphatic carbocycles. The lowest BCUT2D eigenvalue weighted by atomic mass is 9.78. The highest BCUT2D eigenvalue weighted by molar-refractivity contribution is 9.11. The van der Waals surface area contributed by atoms with Crippen molar-refractivity contribution in [1.82, 2.24) is 50.4 Å². The molecule has 2 N–H and O–H groups in total. The van der Waals surface area contributed by atoms with Crippen LogP contribution in [0.15, 0.2) is 40.3 Å². The van der Waals surface area contributed by atoms with Crippen molar-refractivity contribution in [2.24, 2.45) is 14.1 Å². The predicted octanol–water partition coefficient (Wildman–Crippen LogP) is 3.70. The van der Waals surface area contributed by atoms with Gasteiger partial charge in [-0.25, -0.2) is 28.3 Å². The number of aryl methyl sites for hydroxylation is 2. The van der Waals surface area contributed by atoms with Gasteiger partial charge in [0.25, 0.3) is 11.9 Å². The summed E-state index contributed by atoms with van der Waals surface area (Å²) in [6.45, 7) is 10.2. The number of aliphatic hydroxyl groups is 2. The van der Waals surface area contributed by atoms with Gasteiger partial charge in [-0.3, -0.25) is 9.80 Å². The molecule has 5 aliphatic heterocycles. The molecular formula is C40H44BBrF2N14O8S2. The van der Waals surface area contributed by atoms with E-state index in [9.17, 15) is 18.4 Å². The maximum Gasteiger partial charge on any atom is 0.497 e. The molecule has 0 spiro atoms. The van der Waals surface area contributed by atoms with Crippen molar-refractivity contribution in [2.45, 2.75) is 77.3 Å². The number of benzene rings is 2. The molecule has 9 heterocycles. The van der Waals surface area contributed by atoms with Crippen molar-refractivity contribution < 1.29 is 47.4 Å². The standard InChI is InChI=1S/C17H16FN7O3S.C16H21BFNO5.C7H7BrN6S/c1-23-21-16(20-22-23)24-6-13-14(7-24)29-15(19-13)11-3-2-9(4-12(11)18)25-5-10(8-26)28-17(25)27;1-15(2)16(3,4)24-17(23-15)12-6-5-10(7-13(12)18)19-8-11(9-20)22-14(19)21;1-13-11-7(10-12-13)14-2-4-5(3-14)15-6(8)9-4/h2-4,10,26H,5-8H2,1H3;5-7,11,20H,8-9H2,1-4H3;2-3H2,1H3/t10-;;/m1../s1. The summed E-state index contributed by atoms with van der Waals surface area (Å²) in [4.78, 5) is 44.4. The number of aliphatic hydroxyl groups excluding tert-OH is 2. The highest BCUT2D eigenvalue weighted by Gasteiger charge is 2.52. The summed E-state index contributed by atoms with van der Waals surface area (Å²) in [5.74, 6) is 0.209. The fraction of sp³-hybridized carbons (Fsp3) is 0.450. The van der Waals surface area contributed by atoms with Crippen LogP contribution in [0.5, 0.6) is 0 Å². The maximum atomic E-state index is 14.8. The van der Waals surface area contributed by atoms with E-state index in [1.807, 2.05) is 32.6 Å². The van der Waals surface area contributed by atoms with Crippen molar-refractivity contribution in [3.05, 3.63) is 73.1 Å². The van der Waals surface area contributed by atoms with E-state index >= 15 is 0 Å². The van der Waals surface area contributed by atoms with Gasteiger partial charge in [-0.15, -0.1) is 32.9 Å². The Labute approximate surface area is 403 Å². The lowest BCUT2D eigenvalue weighted by Gasteiger charge is -2.32. The summed E-state index contributed by atoms with van der Waals surface area (Å²) >= 11 is 6.47. The van der Waals surface area contributed by atoms with Gasteiger partial charge in [0.1, 0.15) is 28.8 Å². The zero-order valence-corrected chi connectivity index (χ0v) is 40.6. The molecule has 0 radical (unpaired) electrons. The van der Waals surface area contributed by atoms with Crippen molar-refractivity contribution >= 4 is 86.6 Å². The number of carbonyl (C=O) groups excluding carboxylic acids is 2. The van der Waals surface area contributed by atoms with Crippen LogP contribution in [-0.4, -0.2) is 130 Å². The molecule has 11 rings (SSSR count). The third-order valence-corrected chi connectivity index (χ3v) is 14.5. The number of fused-ring (bicyclic) bond motifs is 2. The van der Waals surface area contributed by atoms with Gasteiger partial charge in [0.15, 0.2) is 3.92 Å². The first-order chi connectivity index (χ1) is 32.4. The average molecular weight is 1040 g/mol. The summed E-state index contributed by atoms with van der Waals surface area (Å²) in [6.07, 6.45) is -2.39. The molecule has 6 aromatic rings. The van der Waals surface area contributed by atoms with E-state index in [-0.39, 0.29) is 31.8 Å². The zero-order valence-electron chi connectivity index (χ0n) is 37.4. The smallest absolute Gasteiger partial charge is 0.441 e. The highest BCUT2D eigenvalue weighted by Crippen LogP contribution is 2.39. The fourth-order valence-electron chi connectivity index (χ4n) is 7.59. The molecular weight excluding hydrogens is 997 g/mol. The SMILES string of the molecule is CC1(C)OB(c2ccc(N3CC(CO)OC3=O)cc2F)OC1(C)C.Cn1nnc(N2Cc3nc(-c4ccc(N5C[C@H](CO)OC5=O)cc4F)sc3C2)n1.Cn1nnc(N2Cc3nc(Br)sc3C2)n1. The lowest BCUT2D eigenvalue weighted by Crippen LogP contribution is -2.41. The molecule has 68 heavy (non-hydrogen) atoms. The predicted molar refractivity (Wildman–Crippen MR) is 246 cm³/mol. The number of nitrogens with zero attached hydrogens (tertiary/aromatic N) is 14. The number of anilines is 4. The second-order valence-electron chi connectivity index (χ2n) is 17.2. The van der Waals surface area contributed by atoms with Crippen LogP contribution in [0.3, 0.4) is 0 Å². The Morgan fingerprint density at radius 1 is 0.735 bits per heavy atom. The lowest BCUT2D eigenvalue weighted by molar-refractivity contribution is 0.00578. The number of hydrogen-bond acceptors (Lipinski definition) is 20. The van der Waals surface area contributed by atoms with Crippen molar-refractivity contribution in [2.75, 3.05) is 45.9 Å². The van der Waals surface area contributed by atoms with Gasteiger partial charge in [0.2, 0.25) is 0 Å². The Hall–Kier alpha value is -5.78. The monoisotopic (exact) mass is 1040 g/mol. The molecule has 0 saturated carbocycles. The van der Waals surface area contributed by atoms with E-state index in [4.69, 9.17) is 29.0 Å². The Bertz CT molecular complexity index is 2800. The average Bonchev–Trinajstić information content (AvgIpc) is 4.15. The topological polar surface area (TPSA) is 237 Å². The summed E-state index contributed by atoms with van der Waals surface area (Å²) in [6, 6.07) is 8.97. The Balaban J connectivity index is 0.000000134. The number of rotatable bonds is 8. The first-order valence-corrected chi connectivity index (χ1v) is 23.5. The number of tetrazole rings is 2. The largest absolute Gasteiger partial charge is 0.497 e. The minimum absolute atomic E-state index is 0.185. The molecule has 4 aromatic heterocycles. The summed E-state index contributed by atoms with van der Waals surface area (Å²) < 4.78 is 52.0. The Morgan fingerprint density at radius 2 is 1.24 bits per heavy atom. The number of hydrogen-bond donors (Lipinski definition) is 2. The molecule has 2 aromatic carbocycles. The third kappa shape index (κ3) is 9.49. The quantitative estimate of drug-likeness (QED) is 0.207. The molecule has 5 aliphatic rings. The van der Waals surface area contributed by atoms with Gasteiger partial charge < -0.3 is 38.8 Å². The minimum Gasteiger partial charge on any atom is -0.441 e. The van der Waals surface area contributed by atoms with Crippen molar-refractivity contribution in [1.29, 1.82) is 0 Å². The number of thiazole rings is 2.